The van der Waals surface area contributed by atoms with E-state index in [0.29, 0.717) is 18.2 Å². The average molecular weight is 508 g/mol. The molecule has 172 valence electrons. The van der Waals surface area contributed by atoms with E-state index in [4.69, 9.17) is 28.5 Å². The number of carbonyl (C=O) groups is 1. The Morgan fingerprint density at radius 3 is 2.00 bits per heavy atom. The molecule has 1 amide bonds. The number of carbonyl (C=O) groups excluding carboxylic acids is 1. The SMILES string of the molecule is N#Cc1cc(N(C(=O)[O-])C2(C(F)(F)F)CC2(F)F)n(-c2c(Cl)cc(C(F)(F)F)cc2Cl)n1. The Labute approximate surface area is 182 Å². The van der Waals surface area contributed by atoms with Gasteiger partial charge in [0.2, 0.25) is 5.54 Å². The molecule has 0 aliphatic heterocycles. The maximum atomic E-state index is 13.9. The molecule has 0 spiro atoms. The third-order valence-electron chi connectivity index (χ3n) is 4.58. The number of nitrogens with zero attached hydrogens (tertiary/aromatic N) is 4. The fourth-order valence-corrected chi connectivity index (χ4v) is 3.73. The monoisotopic (exact) mass is 507 g/mol. The number of halogens is 10. The molecule has 1 atom stereocenters. The number of benzene rings is 1. The van der Waals surface area contributed by atoms with Gasteiger partial charge in [-0.1, -0.05) is 23.2 Å². The van der Waals surface area contributed by atoms with Gasteiger partial charge in [-0.3, -0.25) is 4.90 Å². The van der Waals surface area contributed by atoms with Crippen LogP contribution in [0.4, 0.5) is 45.7 Å². The van der Waals surface area contributed by atoms with E-state index >= 15 is 0 Å². The number of aromatic nitrogens is 2. The molecule has 1 unspecified atom stereocenters. The summed E-state index contributed by atoms with van der Waals surface area (Å²) < 4.78 is 107. The number of rotatable bonds is 3. The van der Waals surface area contributed by atoms with E-state index in [9.17, 15) is 45.0 Å². The predicted molar refractivity (Wildman–Crippen MR) is 89.5 cm³/mol. The molecule has 16 heteroatoms. The summed E-state index contributed by atoms with van der Waals surface area (Å²) >= 11 is 11.6. The second-order valence-corrected chi connectivity index (χ2v) is 7.35. The first-order chi connectivity index (χ1) is 14.5. The lowest BCUT2D eigenvalue weighted by molar-refractivity contribution is -0.254. The number of nitriles is 1. The molecule has 1 aromatic heterocycles. The van der Waals surface area contributed by atoms with E-state index in [1.54, 1.807) is 0 Å². The summed E-state index contributed by atoms with van der Waals surface area (Å²) in [6.45, 7) is 0. The molecule has 2 aromatic rings. The molecule has 3 rings (SSSR count). The Balaban J connectivity index is 2.31. The number of anilines is 1. The van der Waals surface area contributed by atoms with Gasteiger partial charge in [0.15, 0.2) is 5.69 Å². The van der Waals surface area contributed by atoms with Gasteiger partial charge in [0.25, 0.3) is 5.92 Å². The highest BCUT2D eigenvalue weighted by atomic mass is 35.5. The first-order valence-electron chi connectivity index (χ1n) is 8.00. The Hall–Kier alpha value is -2.79. The van der Waals surface area contributed by atoms with E-state index < -0.39 is 74.0 Å². The Morgan fingerprint density at radius 1 is 1.16 bits per heavy atom. The second kappa shape index (κ2) is 7.11. The summed E-state index contributed by atoms with van der Waals surface area (Å²) in [6.07, 6.45) is -15.5. The highest BCUT2D eigenvalue weighted by Crippen LogP contribution is 2.65. The molecule has 32 heavy (non-hydrogen) atoms. The van der Waals surface area contributed by atoms with Crippen molar-refractivity contribution in [3.05, 3.63) is 39.5 Å². The van der Waals surface area contributed by atoms with Gasteiger partial charge in [-0.15, -0.1) is 0 Å². The maximum absolute atomic E-state index is 13.9. The lowest BCUT2D eigenvalue weighted by Crippen LogP contribution is -2.59. The quantitative estimate of drug-likeness (QED) is 0.570. The zero-order valence-corrected chi connectivity index (χ0v) is 16.3. The van der Waals surface area contributed by atoms with E-state index in [-0.39, 0.29) is 4.68 Å². The van der Waals surface area contributed by atoms with Crippen LogP contribution in [0.15, 0.2) is 18.2 Å². The van der Waals surface area contributed by atoms with Crippen LogP contribution in [0.5, 0.6) is 0 Å². The van der Waals surface area contributed by atoms with Crippen molar-refractivity contribution in [2.75, 3.05) is 4.90 Å². The largest absolute Gasteiger partial charge is 0.530 e. The van der Waals surface area contributed by atoms with Crippen LogP contribution in [-0.2, 0) is 6.18 Å². The fraction of sp³-hybridized carbons (Fsp3) is 0.312. The number of alkyl halides is 8. The van der Waals surface area contributed by atoms with Crippen molar-refractivity contribution in [3.8, 4) is 11.8 Å². The molecule has 1 heterocycles. The third-order valence-corrected chi connectivity index (χ3v) is 5.16. The zero-order valence-electron chi connectivity index (χ0n) is 14.8. The number of hydrogen-bond donors (Lipinski definition) is 0. The molecule has 0 radical (unpaired) electrons. The molecule has 6 nitrogen and oxygen atoms in total. The van der Waals surface area contributed by atoms with Crippen molar-refractivity contribution in [3.63, 3.8) is 0 Å². The topological polar surface area (TPSA) is 85.0 Å². The van der Waals surface area contributed by atoms with Gasteiger partial charge in [-0.05, 0) is 12.1 Å². The molecule has 0 N–H and O–H groups in total. The van der Waals surface area contributed by atoms with Gasteiger partial charge < -0.3 is 9.90 Å². The maximum Gasteiger partial charge on any atom is 0.418 e. The Kier molecular flexibility index (Phi) is 5.30. The van der Waals surface area contributed by atoms with Crippen molar-refractivity contribution in [2.24, 2.45) is 0 Å². The van der Waals surface area contributed by atoms with Gasteiger partial charge in [-0.2, -0.15) is 36.7 Å². The van der Waals surface area contributed by atoms with E-state index in [2.05, 4.69) is 5.10 Å². The highest BCUT2D eigenvalue weighted by Gasteiger charge is 2.87. The highest BCUT2D eigenvalue weighted by molar-refractivity contribution is 6.38. The molecule has 0 saturated heterocycles. The zero-order chi connectivity index (χ0) is 24.4. The summed E-state index contributed by atoms with van der Waals surface area (Å²) in [5.74, 6) is -5.87. The molecular weight excluding hydrogens is 503 g/mol. The van der Waals surface area contributed by atoms with Crippen molar-refractivity contribution in [2.45, 2.75) is 30.2 Å². The van der Waals surface area contributed by atoms with Crippen molar-refractivity contribution in [1.82, 2.24) is 9.78 Å². The third kappa shape index (κ3) is 3.49. The van der Waals surface area contributed by atoms with Crippen molar-refractivity contribution in [1.29, 1.82) is 5.26 Å². The van der Waals surface area contributed by atoms with Gasteiger partial charge in [-0.25, -0.2) is 13.5 Å². The summed E-state index contributed by atoms with van der Waals surface area (Å²) in [5, 5.41) is 22.3. The lowest BCUT2D eigenvalue weighted by Gasteiger charge is -2.35. The van der Waals surface area contributed by atoms with Crippen LogP contribution in [0.1, 0.15) is 17.7 Å². The summed E-state index contributed by atoms with van der Waals surface area (Å²) in [4.78, 5) is 10.7. The molecular formula is C16H5Cl2F8N4O2-. The Morgan fingerprint density at radius 2 is 1.66 bits per heavy atom. The first kappa shape index (κ1) is 23.9. The Bertz CT molecular complexity index is 1130. The molecule has 0 bridgehead atoms. The summed E-state index contributed by atoms with van der Waals surface area (Å²) in [7, 11) is 0. The van der Waals surface area contributed by atoms with Crippen LogP contribution >= 0.6 is 23.2 Å². The van der Waals surface area contributed by atoms with Gasteiger partial charge in [0.1, 0.15) is 23.7 Å². The lowest BCUT2D eigenvalue weighted by atomic mass is 10.2. The molecule has 1 aliphatic rings. The minimum Gasteiger partial charge on any atom is -0.530 e. The second-order valence-electron chi connectivity index (χ2n) is 6.54. The fourth-order valence-electron chi connectivity index (χ4n) is 3.08. The van der Waals surface area contributed by atoms with Crippen LogP contribution < -0.4 is 10.0 Å². The van der Waals surface area contributed by atoms with Gasteiger partial charge >= 0.3 is 12.4 Å². The molecule has 1 fully saturated rings. The smallest absolute Gasteiger partial charge is 0.418 e. The predicted octanol–water partition coefficient (Wildman–Crippen LogP) is 4.56. The number of amides is 1. The molecule has 1 aliphatic carbocycles. The molecule has 1 saturated carbocycles. The van der Waals surface area contributed by atoms with Crippen LogP contribution in [0.25, 0.3) is 5.69 Å². The van der Waals surface area contributed by atoms with Gasteiger partial charge in [0, 0.05) is 6.07 Å². The number of carboxylic acid groups (broad SMARTS) is 1. The molecule has 1 aromatic carbocycles. The number of hydrogen-bond acceptors (Lipinski definition) is 4. The summed E-state index contributed by atoms with van der Waals surface area (Å²) in [6, 6.07) is 2.34. The van der Waals surface area contributed by atoms with Crippen molar-refractivity contribution < 1.29 is 45.0 Å². The average Bonchev–Trinajstić information content (AvgIpc) is 3.00. The van der Waals surface area contributed by atoms with E-state index in [1.807, 2.05) is 0 Å². The van der Waals surface area contributed by atoms with Crippen LogP contribution in [-0.4, -0.2) is 33.5 Å². The minimum absolute atomic E-state index is 0.154. The van der Waals surface area contributed by atoms with Crippen LogP contribution in [0, 0.1) is 11.3 Å². The summed E-state index contributed by atoms with van der Waals surface area (Å²) in [5.41, 5.74) is -7.21. The van der Waals surface area contributed by atoms with Crippen LogP contribution in [0.3, 0.4) is 0 Å². The minimum atomic E-state index is -5.81. The van der Waals surface area contributed by atoms with Gasteiger partial charge in [0.05, 0.1) is 22.0 Å². The van der Waals surface area contributed by atoms with Crippen molar-refractivity contribution >= 4 is 35.1 Å². The van der Waals surface area contributed by atoms with E-state index in [1.165, 1.54) is 6.07 Å². The standard InChI is InChI=1S/C16H6Cl2F8N4O2/c17-8-1-6(15(21,22)23)2-9(18)11(8)30-10(3-7(4-27)28-30)29(12(31)32)13(16(24,25)26)5-14(13,19)20/h1-3H,5H2,(H,31,32)/p-1. The van der Waals surface area contributed by atoms with Crippen LogP contribution in [0.2, 0.25) is 10.0 Å². The first-order valence-corrected chi connectivity index (χ1v) is 8.76. The normalized spacial score (nSPS) is 20.0. The van der Waals surface area contributed by atoms with E-state index in [0.717, 1.165) is 0 Å².